The molecule has 0 bridgehead atoms. The molecule has 0 aliphatic carbocycles. The van der Waals surface area contributed by atoms with Crippen LogP contribution in [0.4, 0.5) is 0 Å². The third kappa shape index (κ3) is 9.17. The molecular weight excluding hydrogens is 610 g/mol. The molecule has 3 atom stereocenters. The third-order valence-corrected chi connectivity index (χ3v) is 8.73. The average Bonchev–Trinajstić information content (AvgIpc) is 3.73. The fourth-order valence-corrected chi connectivity index (χ4v) is 6.35. The molecule has 0 saturated carbocycles. The van der Waals surface area contributed by atoms with Gasteiger partial charge in [0.15, 0.2) is 11.5 Å². The zero-order valence-electron chi connectivity index (χ0n) is 28.9. The number of hydrogen-bond donors (Lipinski definition) is 2. The summed E-state index contributed by atoms with van der Waals surface area (Å²) in [6, 6.07) is 17.4. The molecule has 3 unspecified atom stereocenters. The molecule has 3 heterocycles. The van der Waals surface area contributed by atoms with Gasteiger partial charge in [-0.25, -0.2) is 0 Å². The van der Waals surface area contributed by atoms with Crippen LogP contribution >= 0.6 is 0 Å². The molecule has 0 spiro atoms. The second kappa shape index (κ2) is 16.9. The molecule has 2 aliphatic rings. The van der Waals surface area contributed by atoms with Crippen molar-refractivity contribution >= 4 is 23.6 Å². The Hall–Kier alpha value is -4.80. The molecule has 2 fully saturated rings. The highest BCUT2D eigenvalue weighted by molar-refractivity contribution is 5.96. The molecule has 2 aliphatic heterocycles. The zero-order chi connectivity index (χ0) is 34.8. The van der Waals surface area contributed by atoms with Crippen molar-refractivity contribution in [1.29, 1.82) is 0 Å². The number of aromatic nitrogens is 1. The monoisotopic (exact) mass is 659 g/mol. The Kier molecular flexibility index (Phi) is 12.7. The normalized spacial score (nSPS) is 18.4. The second-order valence-electron chi connectivity index (χ2n) is 12.7. The van der Waals surface area contributed by atoms with E-state index in [0.717, 1.165) is 0 Å². The number of carbonyl (C=O) groups is 4. The number of nitrogens with one attached hydrogen (secondary N) is 2. The Morgan fingerprint density at radius 1 is 0.896 bits per heavy atom. The van der Waals surface area contributed by atoms with E-state index in [1.807, 2.05) is 20.9 Å². The van der Waals surface area contributed by atoms with Gasteiger partial charge in [0.1, 0.15) is 0 Å². The smallest absolute Gasteiger partial charge is 0.255 e. The fraction of sp³-hybridized carbons (Fsp3) is 0.459. The number of ether oxygens (including phenoxy) is 2. The number of fused-ring (bicyclic) bond motifs is 1. The van der Waals surface area contributed by atoms with E-state index in [1.165, 1.54) is 32.6 Å². The number of likely N-dealkylation sites (N-methyl/N-ethyl adjacent to an activating group) is 1. The van der Waals surface area contributed by atoms with Gasteiger partial charge < -0.3 is 34.5 Å². The molecule has 5 rings (SSSR count). The largest absolute Gasteiger partial charge is 0.493 e. The van der Waals surface area contributed by atoms with Crippen LogP contribution in [-0.4, -0.2) is 91.0 Å². The molecule has 2 N–H and O–H groups in total. The fourth-order valence-electron chi connectivity index (χ4n) is 6.35. The van der Waals surface area contributed by atoms with Gasteiger partial charge in [-0.1, -0.05) is 43.7 Å². The molecule has 0 radical (unpaired) electrons. The van der Waals surface area contributed by atoms with E-state index in [4.69, 9.17) is 9.47 Å². The van der Waals surface area contributed by atoms with E-state index in [1.54, 1.807) is 51.0 Å². The van der Waals surface area contributed by atoms with E-state index < -0.39 is 5.92 Å². The molecule has 258 valence electrons. The van der Waals surface area contributed by atoms with Crippen molar-refractivity contribution < 1.29 is 28.7 Å². The first-order valence-corrected chi connectivity index (χ1v) is 16.6. The van der Waals surface area contributed by atoms with Crippen LogP contribution in [0.5, 0.6) is 11.5 Å². The van der Waals surface area contributed by atoms with Crippen LogP contribution in [0.25, 0.3) is 0 Å². The number of rotatable bonds is 10. The van der Waals surface area contributed by atoms with Gasteiger partial charge in [-0.2, -0.15) is 0 Å². The van der Waals surface area contributed by atoms with Crippen molar-refractivity contribution in [1.82, 2.24) is 25.0 Å². The van der Waals surface area contributed by atoms with Gasteiger partial charge in [0.05, 0.1) is 31.2 Å². The predicted molar refractivity (Wildman–Crippen MR) is 184 cm³/mol. The highest BCUT2D eigenvalue weighted by Gasteiger charge is 2.48. The molecule has 11 nitrogen and oxygen atoms in total. The highest BCUT2D eigenvalue weighted by atomic mass is 16.5. The number of carbonyl (C=O) groups excluding carboxylic acids is 4. The summed E-state index contributed by atoms with van der Waals surface area (Å²) in [5.74, 6) is -0.715. The Morgan fingerprint density at radius 2 is 1.58 bits per heavy atom. The maximum atomic E-state index is 13.6. The van der Waals surface area contributed by atoms with E-state index >= 15 is 0 Å². The number of likely N-dealkylation sites (tertiary alicyclic amines) is 2. The van der Waals surface area contributed by atoms with Crippen LogP contribution in [0.15, 0.2) is 67.0 Å². The highest BCUT2D eigenvalue weighted by Crippen LogP contribution is 2.37. The van der Waals surface area contributed by atoms with Crippen LogP contribution in [0.3, 0.4) is 0 Å². The predicted octanol–water partition coefficient (Wildman–Crippen LogP) is 3.78. The lowest BCUT2D eigenvalue weighted by atomic mass is 9.79. The minimum Gasteiger partial charge on any atom is -0.493 e. The maximum absolute atomic E-state index is 13.6. The van der Waals surface area contributed by atoms with Crippen LogP contribution in [0.1, 0.15) is 53.5 Å². The van der Waals surface area contributed by atoms with Crippen molar-refractivity contribution in [3.05, 3.63) is 83.7 Å². The summed E-state index contributed by atoms with van der Waals surface area (Å²) in [5.41, 5.74) is 2.45. The zero-order valence-corrected chi connectivity index (χ0v) is 28.9. The van der Waals surface area contributed by atoms with Crippen molar-refractivity contribution in [2.75, 3.05) is 46.9 Å². The van der Waals surface area contributed by atoms with Gasteiger partial charge in [-0.3, -0.25) is 19.2 Å². The SMILES string of the molecule is CCCc1ccccc1.CNC(=O)CNC(=O)C1CN(C(=O)c2ccn(C)c2)CC2CN(C(=O)c3ccc(OC(C)C)c(OC)c3)CC21. The summed E-state index contributed by atoms with van der Waals surface area (Å²) >= 11 is 0. The van der Waals surface area contributed by atoms with E-state index in [0.29, 0.717) is 42.3 Å². The molecule has 4 amide bonds. The number of methoxy groups -OCH3 is 1. The van der Waals surface area contributed by atoms with Crippen LogP contribution in [0, 0.1) is 17.8 Å². The average molecular weight is 660 g/mol. The number of piperidine rings is 1. The lowest BCUT2D eigenvalue weighted by molar-refractivity contribution is -0.131. The summed E-state index contributed by atoms with van der Waals surface area (Å²) in [7, 11) is 4.87. The molecule has 1 aromatic heterocycles. The number of nitrogens with zero attached hydrogens (tertiary/aromatic N) is 3. The van der Waals surface area contributed by atoms with Gasteiger partial charge in [0.2, 0.25) is 11.8 Å². The lowest BCUT2D eigenvalue weighted by Gasteiger charge is -2.39. The topological polar surface area (TPSA) is 122 Å². The third-order valence-electron chi connectivity index (χ3n) is 8.73. The number of hydrogen-bond acceptors (Lipinski definition) is 6. The van der Waals surface area contributed by atoms with E-state index in [-0.39, 0.29) is 54.7 Å². The second-order valence-corrected chi connectivity index (χ2v) is 12.7. The standard InChI is InChI=1S/C28H37N5O6.C9H12/c1-17(2)39-23-7-6-18(10-24(23)38-5)27(36)32-13-20-14-33(28(37)19-8-9-31(4)12-19)16-22(21(20)15-32)26(35)30-11-25(34)29-3;1-2-6-9-7-4-3-5-8-9/h6-10,12,17,20-22H,11,13-16H2,1-5H3,(H,29,34)(H,30,35);3-5,7-8H,2,6H2,1H3. The molecule has 2 aromatic carbocycles. The Balaban J connectivity index is 0.000000500. The summed E-state index contributed by atoms with van der Waals surface area (Å²) in [4.78, 5) is 55.3. The first kappa shape index (κ1) is 36.0. The maximum Gasteiger partial charge on any atom is 0.255 e. The quantitative estimate of drug-likeness (QED) is 0.342. The molecule has 11 heteroatoms. The van der Waals surface area contributed by atoms with Crippen LogP contribution < -0.4 is 20.1 Å². The lowest BCUT2D eigenvalue weighted by Crippen LogP contribution is -2.53. The summed E-state index contributed by atoms with van der Waals surface area (Å²) in [5, 5.41) is 5.20. The first-order valence-electron chi connectivity index (χ1n) is 16.6. The van der Waals surface area contributed by atoms with Crippen molar-refractivity contribution in [2.45, 2.75) is 39.7 Å². The van der Waals surface area contributed by atoms with Gasteiger partial charge in [0.25, 0.3) is 11.8 Å². The Labute approximate surface area is 283 Å². The van der Waals surface area contributed by atoms with Gasteiger partial charge in [-0.15, -0.1) is 0 Å². The Morgan fingerprint density at radius 3 is 2.19 bits per heavy atom. The minimum atomic E-state index is -0.560. The first-order chi connectivity index (χ1) is 23.0. The summed E-state index contributed by atoms with van der Waals surface area (Å²) < 4.78 is 13.0. The van der Waals surface area contributed by atoms with Crippen molar-refractivity contribution in [3.63, 3.8) is 0 Å². The van der Waals surface area contributed by atoms with E-state index in [2.05, 4.69) is 47.9 Å². The molecule has 48 heavy (non-hydrogen) atoms. The van der Waals surface area contributed by atoms with Gasteiger partial charge in [-0.05, 0) is 61.9 Å². The molecule has 3 aromatic rings. The molecule has 2 saturated heterocycles. The Bertz CT molecular complexity index is 1550. The molecular formula is C37H49N5O6. The van der Waals surface area contributed by atoms with Crippen molar-refractivity contribution in [3.8, 4) is 11.5 Å². The number of benzene rings is 2. The van der Waals surface area contributed by atoms with Crippen LogP contribution in [0.2, 0.25) is 0 Å². The summed E-state index contributed by atoms with van der Waals surface area (Å²) in [6.45, 7) is 7.32. The van der Waals surface area contributed by atoms with Gasteiger partial charge >= 0.3 is 0 Å². The van der Waals surface area contributed by atoms with Crippen LogP contribution in [-0.2, 0) is 23.1 Å². The van der Waals surface area contributed by atoms with Crippen molar-refractivity contribution in [2.24, 2.45) is 24.8 Å². The van der Waals surface area contributed by atoms with Gasteiger partial charge in [0, 0.05) is 58.2 Å². The minimum absolute atomic E-state index is 0.0461. The number of aryl methyl sites for hydroxylation is 2. The van der Waals surface area contributed by atoms with E-state index in [9.17, 15) is 19.2 Å². The summed E-state index contributed by atoms with van der Waals surface area (Å²) in [6.07, 6.45) is 5.95. The number of amides is 4.